The number of benzene rings is 2. The monoisotopic (exact) mass is 429 g/mol. The molecule has 7 nitrogen and oxygen atoms in total. The number of aromatic amines is 1. The van der Waals surface area contributed by atoms with Gasteiger partial charge >= 0.3 is 0 Å². The van der Waals surface area contributed by atoms with Crippen LogP contribution in [0.25, 0.3) is 33.1 Å². The molecule has 5 rings (SSSR count). The predicted molar refractivity (Wildman–Crippen MR) is 125 cm³/mol. The number of carbonyl (C=O) groups is 1. The number of nitrogens with one attached hydrogen (secondary N) is 2. The van der Waals surface area contributed by atoms with E-state index in [1.165, 1.54) is 29.4 Å². The van der Waals surface area contributed by atoms with E-state index in [0.29, 0.717) is 12.2 Å². The van der Waals surface area contributed by atoms with Crippen molar-refractivity contribution in [3.05, 3.63) is 59.3 Å². The Morgan fingerprint density at radius 2 is 1.88 bits per heavy atom. The number of aryl methyl sites for hydroxylation is 1. The average Bonchev–Trinajstić information content (AvgIpc) is 3.30. The lowest BCUT2D eigenvalue weighted by Crippen LogP contribution is -2.28. The van der Waals surface area contributed by atoms with Gasteiger partial charge in [-0.1, -0.05) is 12.1 Å². The summed E-state index contributed by atoms with van der Waals surface area (Å²) in [6.07, 6.45) is 6.33. The maximum Gasteiger partial charge on any atom is 0.274 e. The average molecular weight is 430 g/mol. The van der Waals surface area contributed by atoms with Gasteiger partial charge in [-0.2, -0.15) is 5.10 Å². The lowest BCUT2D eigenvalue weighted by molar-refractivity contribution is 0.0263. The molecule has 4 aromatic rings. The van der Waals surface area contributed by atoms with Crippen molar-refractivity contribution in [3.63, 3.8) is 0 Å². The molecular weight excluding hydrogens is 402 g/mol. The molecule has 0 spiro atoms. The number of hydrogen-bond acceptors (Lipinski definition) is 5. The molecule has 2 aromatic heterocycles. The Morgan fingerprint density at radius 1 is 1.09 bits per heavy atom. The van der Waals surface area contributed by atoms with E-state index >= 15 is 0 Å². The Kier molecular flexibility index (Phi) is 5.59. The van der Waals surface area contributed by atoms with Crippen molar-refractivity contribution in [3.8, 4) is 11.3 Å². The fraction of sp³-hybridized carbons (Fsp3) is 0.320. The molecule has 32 heavy (non-hydrogen) atoms. The highest BCUT2D eigenvalue weighted by Gasteiger charge is 2.21. The van der Waals surface area contributed by atoms with Crippen LogP contribution in [0, 0.1) is 0 Å². The normalized spacial score (nSPS) is 13.6. The molecule has 7 heteroatoms. The van der Waals surface area contributed by atoms with E-state index in [0.717, 1.165) is 47.1 Å². The minimum atomic E-state index is -0.244. The molecule has 2 N–H and O–H groups in total. The maximum absolute atomic E-state index is 12.4. The first kappa shape index (κ1) is 20.6. The van der Waals surface area contributed by atoms with Gasteiger partial charge in [0.2, 0.25) is 0 Å². The second kappa shape index (κ2) is 8.68. The Morgan fingerprint density at radius 3 is 2.66 bits per heavy atom. The number of H-pyrrole nitrogens is 1. The van der Waals surface area contributed by atoms with Gasteiger partial charge in [-0.15, -0.1) is 0 Å². The van der Waals surface area contributed by atoms with Crippen LogP contribution in [0.2, 0.25) is 0 Å². The topological polar surface area (TPSA) is 83.1 Å². The molecule has 2 aromatic carbocycles. The molecule has 1 aliphatic carbocycles. The number of likely N-dealkylation sites (N-methyl/N-ethyl adjacent to an activating group) is 1. The maximum atomic E-state index is 12.4. The molecule has 1 amide bonds. The van der Waals surface area contributed by atoms with Crippen LogP contribution in [0.15, 0.2) is 42.6 Å². The quantitative estimate of drug-likeness (QED) is 0.359. The van der Waals surface area contributed by atoms with E-state index in [4.69, 9.17) is 9.82 Å². The van der Waals surface area contributed by atoms with Crippen molar-refractivity contribution in [2.24, 2.45) is 0 Å². The van der Waals surface area contributed by atoms with Gasteiger partial charge in [-0.05, 0) is 75.2 Å². The van der Waals surface area contributed by atoms with Crippen molar-refractivity contribution in [2.75, 3.05) is 27.2 Å². The van der Waals surface area contributed by atoms with Crippen molar-refractivity contribution < 1.29 is 9.63 Å². The van der Waals surface area contributed by atoms with Crippen LogP contribution in [0.4, 0.5) is 0 Å². The standard InChI is InChI=1S/C25H27N5O2/c1-30(2)13-14-32-29-25(31)17-9-7-16(8-10-17)24-19-6-4-3-5-18(19)23-20-15-26-28-21(20)11-12-22(23)27-24/h7-12,15H,3-6,13-14H2,1-2H3,(H,26,28)(H,29,31). The van der Waals surface area contributed by atoms with Gasteiger partial charge in [-0.25, -0.2) is 10.5 Å². The summed E-state index contributed by atoms with van der Waals surface area (Å²) in [5.74, 6) is -0.244. The van der Waals surface area contributed by atoms with E-state index < -0.39 is 0 Å². The highest BCUT2D eigenvalue weighted by atomic mass is 16.6. The molecule has 1 aliphatic rings. The molecule has 0 radical (unpaired) electrons. The number of pyridine rings is 1. The van der Waals surface area contributed by atoms with Crippen molar-refractivity contribution in [1.29, 1.82) is 0 Å². The molecule has 164 valence electrons. The first-order chi connectivity index (χ1) is 15.6. The van der Waals surface area contributed by atoms with Crippen LogP contribution in [-0.2, 0) is 17.7 Å². The largest absolute Gasteiger partial charge is 0.307 e. The first-order valence-electron chi connectivity index (χ1n) is 11.1. The number of rotatable bonds is 6. The van der Waals surface area contributed by atoms with Crippen molar-refractivity contribution in [1.82, 2.24) is 25.6 Å². The number of amides is 1. The number of hydrogen-bond donors (Lipinski definition) is 2. The number of aromatic nitrogens is 3. The summed E-state index contributed by atoms with van der Waals surface area (Å²) in [7, 11) is 3.92. The summed E-state index contributed by atoms with van der Waals surface area (Å²) in [6, 6.07) is 11.7. The van der Waals surface area contributed by atoms with Crippen LogP contribution in [0.5, 0.6) is 0 Å². The van der Waals surface area contributed by atoms with Crippen molar-refractivity contribution >= 4 is 27.7 Å². The first-order valence-corrected chi connectivity index (χ1v) is 11.1. The fourth-order valence-corrected chi connectivity index (χ4v) is 4.47. The third-order valence-corrected chi connectivity index (χ3v) is 6.12. The second-order valence-electron chi connectivity index (χ2n) is 8.58. The van der Waals surface area contributed by atoms with Gasteiger partial charge in [0.1, 0.15) is 0 Å². The van der Waals surface area contributed by atoms with Crippen LogP contribution < -0.4 is 5.48 Å². The van der Waals surface area contributed by atoms with Gasteiger partial charge in [0.05, 0.1) is 29.5 Å². The third kappa shape index (κ3) is 3.85. The molecule has 2 heterocycles. The van der Waals surface area contributed by atoms with E-state index in [1.807, 2.05) is 55.5 Å². The zero-order valence-corrected chi connectivity index (χ0v) is 18.4. The van der Waals surface area contributed by atoms with E-state index in [9.17, 15) is 4.79 Å². The molecule has 0 atom stereocenters. The summed E-state index contributed by atoms with van der Waals surface area (Å²) >= 11 is 0. The van der Waals surface area contributed by atoms with Gasteiger partial charge in [0, 0.05) is 28.4 Å². The molecule has 0 saturated carbocycles. The Labute approximate surface area is 186 Å². The number of carbonyl (C=O) groups excluding carboxylic acids is 1. The van der Waals surface area contributed by atoms with Gasteiger partial charge < -0.3 is 4.90 Å². The molecular formula is C25H27N5O2. The highest BCUT2D eigenvalue weighted by Crippen LogP contribution is 2.37. The smallest absolute Gasteiger partial charge is 0.274 e. The zero-order valence-electron chi connectivity index (χ0n) is 18.4. The van der Waals surface area contributed by atoms with Crippen LogP contribution in [0.3, 0.4) is 0 Å². The Bertz CT molecular complexity index is 1280. The minimum Gasteiger partial charge on any atom is -0.307 e. The second-order valence-corrected chi connectivity index (χ2v) is 8.58. The number of nitrogens with zero attached hydrogens (tertiary/aromatic N) is 3. The van der Waals surface area contributed by atoms with E-state index in [2.05, 4.69) is 21.7 Å². The van der Waals surface area contributed by atoms with Gasteiger partial charge in [-0.3, -0.25) is 14.7 Å². The van der Waals surface area contributed by atoms with Crippen molar-refractivity contribution in [2.45, 2.75) is 25.7 Å². The summed E-state index contributed by atoms with van der Waals surface area (Å²) in [6.45, 7) is 1.18. The summed E-state index contributed by atoms with van der Waals surface area (Å²) in [4.78, 5) is 24.7. The Balaban J connectivity index is 1.47. The number of fused-ring (bicyclic) bond motifs is 5. The lowest BCUT2D eigenvalue weighted by Gasteiger charge is -2.22. The van der Waals surface area contributed by atoms with E-state index in [-0.39, 0.29) is 5.91 Å². The Hall–Kier alpha value is -3.29. The van der Waals surface area contributed by atoms with Gasteiger partial charge in [0.25, 0.3) is 5.91 Å². The minimum absolute atomic E-state index is 0.244. The molecule has 0 bridgehead atoms. The van der Waals surface area contributed by atoms with Crippen LogP contribution >= 0.6 is 0 Å². The van der Waals surface area contributed by atoms with Gasteiger partial charge in [0.15, 0.2) is 0 Å². The zero-order chi connectivity index (χ0) is 22.1. The third-order valence-electron chi connectivity index (χ3n) is 6.12. The lowest BCUT2D eigenvalue weighted by atomic mass is 9.85. The molecule has 0 saturated heterocycles. The summed E-state index contributed by atoms with van der Waals surface area (Å²) in [5, 5.41) is 9.68. The van der Waals surface area contributed by atoms with E-state index in [1.54, 1.807) is 0 Å². The molecule has 0 unspecified atom stereocenters. The molecule has 0 fully saturated rings. The SMILES string of the molecule is CN(C)CCONC(=O)c1ccc(-c2nc3ccc4[nH]ncc4c3c3c2CCCC3)cc1. The highest BCUT2D eigenvalue weighted by molar-refractivity contribution is 6.07. The predicted octanol–water partition coefficient (Wildman–Crippen LogP) is 3.88. The summed E-state index contributed by atoms with van der Waals surface area (Å²) in [5.41, 5.74) is 9.87. The molecule has 0 aliphatic heterocycles. The number of hydroxylamine groups is 1. The van der Waals surface area contributed by atoms with Crippen LogP contribution in [-0.4, -0.2) is 53.2 Å². The fourth-order valence-electron chi connectivity index (χ4n) is 4.47. The summed E-state index contributed by atoms with van der Waals surface area (Å²) < 4.78 is 0. The van der Waals surface area contributed by atoms with Crippen LogP contribution in [0.1, 0.15) is 34.3 Å².